The van der Waals surface area contributed by atoms with Crippen LogP contribution in [0.15, 0.2) is 76.0 Å². The monoisotopic (exact) mass is 527 g/mol. The molecule has 37 heavy (non-hydrogen) atoms. The number of esters is 1. The molecule has 4 heterocycles. The Balaban J connectivity index is 1.27. The van der Waals surface area contributed by atoms with Gasteiger partial charge in [-0.3, -0.25) is 9.78 Å². The fraction of sp³-hybridized carbons (Fsp3) is 0.241. The fourth-order valence-corrected chi connectivity index (χ4v) is 6.79. The second kappa shape index (κ2) is 10.0. The Kier molecular flexibility index (Phi) is 6.44. The number of fused-ring (bicyclic) bond motifs is 2. The molecule has 0 unspecified atom stereocenters. The van der Waals surface area contributed by atoms with Crippen LogP contribution >= 0.6 is 22.7 Å². The maximum absolute atomic E-state index is 13.5. The van der Waals surface area contributed by atoms with E-state index in [1.807, 2.05) is 48.7 Å². The van der Waals surface area contributed by atoms with Crippen molar-refractivity contribution in [3.05, 3.63) is 91.9 Å². The van der Waals surface area contributed by atoms with Crippen LogP contribution in [0, 0.1) is 12.8 Å². The third kappa shape index (κ3) is 4.63. The summed E-state index contributed by atoms with van der Waals surface area (Å²) in [5.74, 6) is -0.727. The summed E-state index contributed by atoms with van der Waals surface area (Å²) in [5, 5.41) is 11.2. The first kappa shape index (κ1) is 23.8. The first-order valence-corrected chi connectivity index (χ1v) is 14.1. The van der Waals surface area contributed by atoms with E-state index >= 15 is 0 Å². The Labute approximate surface area is 222 Å². The van der Waals surface area contributed by atoms with Crippen molar-refractivity contribution in [3.8, 4) is 0 Å². The molecule has 0 bridgehead atoms. The lowest BCUT2D eigenvalue weighted by atomic mass is 9.79. The van der Waals surface area contributed by atoms with E-state index in [-0.39, 0.29) is 24.5 Å². The third-order valence-electron chi connectivity index (χ3n) is 6.84. The molecule has 3 aromatic heterocycles. The molecule has 1 aliphatic heterocycles. The molecular formula is C29H25N3O3S2. The summed E-state index contributed by atoms with van der Waals surface area (Å²) in [6, 6.07) is 17.2. The number of thiophene rings is 2. The number of benzene rings is 1. The Morgan fingerprint density at radius 2 is 1.95 bits per heavy atom. The second-order valence-electron chi connectivity index (χ2n) is 9.27. The number of hydrogen-bond acceptors (Lipinski definition) is 7. The van der Waals surface area contributed by atoms with Crippen LogP contribution < -0.4 is 0 Å². The Bertz CT molecular complexity index is 1520. The first-order valence-electron chi connectivity index (χ1n) is 12.3. The molecule has 1 aliphatic carbocycles. The van der Waals surface area contributed by atoms with Crippen LogP contribution in [0.3, 0.4) is 0 Å². The van der Waals surface area contributed by atoms with Crippen LogP contribution in [0.1, 0.15) is 51.1 Å². The van der Waals surface area contributed by atoms with Crippen molar-refractivity contribution in [2.75, 3.05) is 6.61 Å². The van der Waals surface area contributed by atoms with Gasteiger partial charge in [0.1, 0.15) is 0 Å². The highest BCUT2D eigenvalue weighted by atomic mass is 32.1. The number of nitrogens with zero attached hydrogens (tertiary/aromatic N) is 3. The molecule has 1 fully saturated rings. The Hall–Kier alpha value is -3.62. The number of pyridine rings is 1. The van der Waals surface area contributed by atoms with E-state index in [2.05, 4.69) is 28.6 Å². The van der Waals surface area contributed by atoms with Gasteiger partial charge in [0.05, 0.1) is 22.8 Å². The topological polar surface area (TPSA) is 71.9 Å². The number of carbonyl (C=O) groups excluding carboxylic acids is 2. The Morgan fingerprint density at radius 3 is 2.76 bits per heavy atom. The number of ether oxygens (including phenoxy) is 1. The number of hydrazone groups is 1. The lowest BCUT2D eigenvalue weighted by Gasteiger charge is -2.28. The standard InChI is InChI=1S/C29H25N3O3S2/c1-18-15-23(21-9-2-3-11-24(21)30-18)29(34)35-17-26(33)32-28(25-12-6-14-37-25)22-10-4-7-19(27(22)31-32)16-20-8-5-13-36-20/h2-3,5-6,8-9,11-16,22,28H,4,7,10,17H2,1H3/b19-16+/t22-,28-/m1/s1. The van der Waals surface area contributed by atoms with Gasteiger partial charge in [0.25, 0.3) is 5.91 Å². The van der Waals surface area contributed by atoms with Gasteiger partial charge in [-0.2, -0.15) is 5.10 Å². The molecule has 0 spiro atoms. The number of aromatic nitrogens is 1. The van der Waals surface area contributed by atoms with Crippen molar-refractivity contribution in [1.82, 2.24) is 9.99 Å². The molecule has 1 amide bonds. The molecule has 0 radical (unpaired) electrons. The summed E-state index contributed by atoms with van der Waals surface area (Å²) in [6.07, 6.45) is 5.16. The van der Waals surface area contributed by atoms with Gasteiger partial charge in [-0.05, 0) is 72.9 Å². The predicted octanol–water partition coefficient (Wildman–Crippen LogP) is 6.65. The summed E-state index contributed by atoms with van der Waals surface area (Å²) in [5.41, 5.74) is 4.02. The molecule has 0 N–H and O–H groups in total. The lowest BCUT2D eigenvalue weighted by molar-refractivity contribution is -0.136. The maximum Gasteiger partial charge on any atom is 0.339 e. The van der Waals surface area contributed by atoms with Crippen LogP contribution in [0.4, 0.5) is 0 Å². The molecular weight excluding hydrogens is 502 g/mol. The number of rotatable bonds is 5. The van der Waals surface area contributed by atoms with Gasteiger partial charge in [-0.25, -0.2) is 9.80 Å². The van der Waals surface area contributed by atoms with Crippen molar-refractivity contribution in [3.63, 3.8) is 0 Å². The normalized spacial score (nSPS) is 20.2. The highest BCUT2D eigenvalue weighted by Crippen LogP contribution is 2.45. The molecule has 6 nitrogen and oxygen atoms in total. The summed E-state index contributed by atoms with van der Waals surface area (Å²) in [6.45, 7) is 1.47. The summed E-state index contributed by atoms with van der Waals surface area (Å²) < 4.78 is 5.56. The molecule has 2 atom stereocenters. The third-order valence-corrected chi connectivity index (χ3v) is 8.60. The van der Waals surface area contributed by atoms with Crippen LogP contribution in [-0.4, -0.2) is 34.2 Å². The highest BCUT2D eigenvalue weighted by Gasteiger charge is 2.44. The van der Waals surface area contributed by atoms with Crippen molar-refractivity contribution in [1.29, 1.82) is 0 Å². The number of para-hydroxylation sites is 1. The van der Waals surface area contributed by atoms with E-state index in [0.29, 0.717) is 10.9 Å². The molecule has 1 aromatic carbocycles. The Morgan fingerprint density at radius 1 is 1.11 bits per heavy atom. The van der Waals surface area contributed by atoms with Gasteiger partial charge in [0, 0.05) is 26.8 Å². The number of hydrogen-bond donors (Lipinski definition) is 0. The van der Waals surface area contributed by atoms with Crippen molar-refractivity contribution in [2.45, 2.75) is 32.2 Å². The van der Waals surface area contributed by atoms with E-state index in [4.69, 9.17) is 9.84 Å². The fourth-order valence-electron chi connectivity index (χ4n) is 5.24. The van der Waals surface area contributed by atoms with E-state index in [1.54, 1.807) is 33.7 Å². The molecule has 186 valence electrons. The van der Waals surface area contributed by atoms with Gasteiger partial charge < -0.3 is 4.74 Å². The van der Waals surface area contributed by atoms with E-state index in [1.165, 1.54) is 10.5 Å². The minimum Gasteiger partial charge on any atom is -0.452 e. The number of allylic oxidation sites excluding steroid dienone is 1. The average molecular weight is 528 g/mol. The molecule has 1 saturated carbocycles. The number of carbonyl (C=O) groups is 2. The molecule has 4 aromatic rings. The summed E-state index contributed by atoms with van der Waals surface area (Å²) in [7, 11) is 0. The van der Waals surface area contributed by atoms with Crippen molar-refractivity contribution in [2.24, 2.45) is 11.0 Å². The summed E-state index contributed by atoms with van der Waals surface area (Å²) >= 11 is 3.32. The minimum atomic E-state index is -0.537. The molecule has 0 saturated heterocycles. The molecule has 8 heteroatoms. The van der Waals surface area contributed by atoms with Crippen LogP contribution in [0.5, 0.6) is 0 Å². The molecule has 6 rings (SSSR count). The largest absolute Gasteiger partial charge is 0.452 e. The van der Waals surface area contributed by atoms with Crippen LogP contribution in [0.2, 0.25) is 0 Å². The smallest absolute Gasteiger partial charge is 0.339 e. The lowest BCUT2D eigenvalue weighted by Crippen LogP contribution is -2.34. The van der Waals surface area contributed by atoms with E-state index in [0.717, 1.165) is 41.1 Å². The quantitative estimate of drug-likeness (QED) is 0.273. The van der Waals surface area contributed by atoms with Crippen LogP contribution in [0.25, 0.3) is 17.0 Å². The summed E-state index contributed by atoms with van der Waals surface area (Å²) in [4.78, 5) is 33.3. The predicted molar refractivity (Wildman–Crippen MR) is 148 cm³/mol. The van der Waals surface area contributed by atoms with Gasteiger partial charge in [-0.15, -0.1) is 22.7 Å². The van der Waals surface area contributed by atoms with Gasteiger partial charge in [-0.1, -0.05) is 30.3 Å². The average Bonchev–Trinajstić information content (AvgIpc) is 3.68. The zero-order valence-electron chi connectivity index (χ0n) is 20.3. The van der Waals surface area contributed by atoms with Crippen LogP contribution in [-0.2, 0) is 9.53 Å². The highest BCUT2D eigenvalue weighted by molar-refractivity contribution is 7.11. The SMILES string of the molecule is Cc1cc(C(=O)OCC(=O)N2N=C3/C(=C/c4cccs4)CCC[C@H]3[C@@H]2c2cccs2)c2ccccc2n1. The number of amides is 1. The van der Waals surface area contributed by atoms with Gasteiger partial charge in [0.15, 0.2) is 6.61 Å². The number of aryl methyl sites for hydroxylation is 1. The van der Waals surface area contributed by atoms with Gasteiger partial charge in [0.2, 0.25) is 0 Å². The first-order chi connectivity index (χ1) is 18.1. The zero-order valence-corrected chi connectivity index (χ0v) is 21.9. The van der Waals surface area contributed by atoms with E-state index < -0.39 is 5.97 Å². The zero-order chi connectivity index (χ0) is 25.4. The van der Waals surface area contributed by atoms with Crippen molar-refractivity contribution >= 4 is 57.2 Å². The second-order valence-corrected chi connectivity index (χ2v) is 11.2. The molecule has 2 aliphatic rings. The minimum absolute atomic E-state index is 0.130. The van der Waals surface area contributed by atoms with E-state index in [9.17, 15) is 9.59 Å². The van der Waals surface area contributed by atoms with Gasteiger partial charge >= 0.3 is 5.97 Å². The maximum atomic E-state index is 13.5. The van der Waals surface area contributed by atoms with Crippen molar-refractivity contribution < 1.29 is 14.3 Å².